The summed E-state index contributed by atoms with van der Waals surface area (Å²) in [5.74, 6) is 0.313. The average Bonchev–Trinajstić information content (AvgIpc) is 3.13. The van der Waals surface area contributed by atoms with Crippen LogP contribution in [0.2, 0.25) is 5.02 Å². The summed E-state index contributed by atoms with van der Waals surface area (Å²) < 4.78 is 6.84. The first-order valence-corrected chi connectivity index (χ1v) is 11.9. The molecule has 0 unspecified atom stereocenters. The molecule has 1 N–H and O–H groups in total. The van der Waals surface area contributed by atoms with E-state index in [2.05, 4.69) is 5.32 Å². The minimum atomic E-state index is -0.523. The van der Waals surface area contributed by atoms with Crippen LogP contribution in [0.1, 0.15) is 10.4 Å². The number of rotatable bonds is 4. The number of nitrogens with one attached hydrogen (secondary N) is 1. The Morgan fingerprint density at radius 3 is 2.44 bits per heavy atom. The summed E-state index contributed by atoms with van der Waals surface area (Å²) in [6.07, 6.45) is 1.62. The van der Waals surface area contributed by atoms with Crippen LogP contribution in [0.15, 0.2) is 78.4 Å². The third kappa shape index (κ3) is 4.21. The lowest BCUT2D eigenvalue weighted by atomic mass is 10.1. The highest BCUT2D eigenvalue weighted by Gasteiger charge is 2.34. The molecule has 0 spiro atoms. The van der Waals surface area contributed by atoms with Gasteiger partial charge in [-0.1, -0.05) is 29.8 Å². The standard InChI is InChI=1S/C26H17ClN2O3S2/c1-15-20-13-16(27)7-12-22(20)34-23(15)14-21-24(30)28-26(33)29(25(21)31)17-8-10-19(11-9-17)32-18-5-3-2-4-6-18/h2-14H,1H3,(H,28,30,33)/b21-14+. The zero-order chi connectivity index (χ0) is 23.8. The number of para-hydroxylation sites is 1. The van der Waals surface area contributed by atoms with E-state index >= 15 is 0 Å². The predicted molar refractivity (Wildman–Crippen MR) is 141 cm³/mol. The maximum atomic E-state index is 13.4. The molecule has 1 saturated heterocycles. The fourth-order valence-corrected chi connectivity index (χ4v) is 5.25. The lowest BCUT2D eigenvalue weighted by Crippen LogP contribution is -2.54. The summed E-state index contributed by atoms with van der Waals surface area (Å²) in [5.41, 5.74) is 1.50. The van der Waals surface area contributed by atoms with Crippen LogP contribution in [0.5, 0.6) is 11.5 Å². The first-order valence-electron chi connectivity index (χ1n) is 10.3. The van der Waals surface area contributed by atoms with Crippen molar-refractivity contribution in [2.75, 3.05) is 4.90 Å². The number of hydrogen-bond acceptors (Lipinski definition) is 5. The number of nitrogens with zero attached hydrogens (tertiary/aromatic N) is 1. The third-order valence-corrected chi connectivity index (χ3v) is 7.13. The van der Waals surface area contributed by atoms with Gasteiger partial charge in [-0.2, -0.15) is 0 Å². The van der Waals surface area contributed by atoms with Crippen LogP contribution in [0.3, 0.4) is 0 Å². The van der Waals surface area contributed by atoms with Gasteiger partial charge in [-0.3, -0.25) is 19.8 Å². The topological polar surface area (TPSA) is 58.6 Å². The van der Waals surface area contributed by atoms with E-state index in [4.69, 9.17) is 28.6 Å². The number of ether oxygens (including phenoxy) is 1. The monoisotopic (exact) mass is 504 g/mol. The van der Waals surface area contributed by atoms with E-state index in [1.807, 2.05) is 55.5 Å². The van der Waals surface area contributed by atoms with Gasteiger partial charge in [-0.05, 0) is 90.8 Å². The molecule has 0 aliphatic carbocycles. The molecule has 1 fully saturated rings. The minimum Gasteiger partial charge on any atom is -0.457 e. The number of amides is 2. The van der Waals surface area contributed by atoms with Gasteiger partial charge in [-0.15, -0.1) is 11.3 Å². The van der Waals surface area contributed by atoms with Crippen molar-refractivity contribution in [3.63, 3.8) is 0 Å². The Bertz CT molecular complexity index is 1480. The molecule has 0 bridgehead atoms. The van der Waals surface area contributed by atoms with Crippen LogP contribution in [-0.2, 0) is 9.59 Å². The molecule has 1 aliphatic rings. The molecular weight excluding hydrogens is 488 g/mol. The molecule has 5 rings (SSSR count). The largest absolute Gasteiger partial charge is 0.457 e. The molecule has 1 aromatic heterocycles. The van der Waals surface area contributed by atoms with Crippen LogP contribution in [0.25, 0.3) is 16.2 Å². The van der Waals surface area contributed by atoms with Crippen molar-refractivity contribution in [3.8, 4) is 11.5 Å². The maximum absolute atomic E-state index is 13.4. The Balaban J connectivity index is 1.46. The van der Waals surface area contributed by atoms with Crippen LogP contribution in [-0.4, -0.2) is 16.9 Å². The summed E-state index contributed by atoms with van der Waals surface area (Å²) in [5, 5.41) is 4.29. The Morgan fingerprint density at radius 2 is 1.71 bits per heavy atom. The van der Waals surface area contributed by atoms with Gasteiger partial charge in [0, 0.05) is 14.6 Å². The number of thiocarbonyl (C=S) groups is 1. The number of hydrogen-bond donors (Lipinski definition) is 1. The van der Waals surface area contributed by atoms with Crippen molar-refractivity contribution < 1.29 is 14.3 Å². The molecule has 1 aliphatic heterocycles. The summed E-state index contributed by atoms with van der Waals surface area (Å²) in [6, 6.07) is 22.0. The van der Waals surface area contributed by atoms with Crippen molar-refractivity contribution in [3.05, 3.63) is 93.8 Å². The molecule has 5 nitrogen and oxygen atoms in total. The van der Waals surface area contributed by atoms with Crippen molar-refractivity contribution in [1.82, 2.24) is 5.32 Å². The second-order valence-corrected chi connectivity index (χ2v) is 9.51. The van der Waals surface area contributed by atoms with E-state index in [0.29, 0.717) is 22.2 Å². The molecule has 168 valence electrons. The molecule has 2 heterocycles. The van der Waals surface area contributed by atoms with Crippen LogP contribution < -0.4 is 15.0 Å². The maximum Gasteiger partial charge on any atom is 0.270 e. The van der Waals surface area contributed by atoms with E-state index in [0.717, 1.165) is 20.5 Å². The summed E-state index contributed by atoms with van der Waals surface area (Å²) in [6.45, 7) is 1.95. The number of aryl methyl sites for hydroxylation is 1. The second kappa shape index (κ2) is 9.02. The van der Waals surface area contributed by atoms with Crippen molar-refractivity contribution in [2.24, 2.45) is 0 Å². The summed E-state index contributed by atoms with van der Waals surface area (Å²) in [7, 11) is 0. The van der Waals surface area contributed by atoms with Gasteiger partial charge >= 0.3 is 0 Å². The Morgan fingerprint density at radius 1 is 1.00 bits per heavy atom. The van der Waals surface area contributed by atoms with E-state index in [1.165, 1.54) is 16.2 Å². The number of benzene rings is 3. The lowest BCUT2D eigenvalue weighted by Gasteiger charge is -2.29. The van der Waals surface area contributed by atoms with Crippen LogP contribution in [0, 0.1) is 6.92 Å². The predicted octanol–water partition coefficient (Wildman–Crippen LogP) is 6.49. The van der Waals surface area contributed by atoms with Crippen molar-refractivity contribution in [2.45, 2.75) is 6.92 Å². The molecule has 2 amide bonds. The zero-order valence-electron chi connectivity index (χ0n) is 17.9. The molecule has 3 aromatic carbocycles. The number of halogens is 1. The fraction of sp³-hybridized carbons (Fsp3) is 0.0385. The highest BCUT2D eigenvalue weighted by Crippen LogP contribution is 2.35. The van der Waals surface area contributed by atoms with E-state index < -0.39 is 11.8 Å². The molecular formula is C26H17ClN2O3S2. The second-order valence-electron chi connectivity index (χ2n) is 7.60. The van der Waals surface area contributed by atoms with E-state index in [9.17, 15) is 9.59 Å². The lowest BCUT2D eigenvalue weighted by molar-refractivity contribution is -0.122. The van der Waals surface area contributed by atoms with Crippen LogP contribution >= 0.6 is 35.2 Å². The normalized spacial score (nSPS) is 15.2. The van der Waals surface area contributed by atoms with Gasteiger partial charge in [0.15, 0.2) is 5.11 Å². The molecule has 0 saturated carbocycles. The summed E-state index contributed by atoms with van der Waals surface area (Å²) >= 11 is 12.9. The van der Waals surface area contributed by atoms with E-state index in [-0.39, 0.29) is 10.7 Å². The number of carbonyl (C=O) groups is 2. The number of fused-ring (bicyclic) bond motifs is 1. The van der Waals surface area contributed by atoms with Gasteiger partial charge in [0.2, 0.25) is 0 Å². The summed E-state index contributed by atoms with van der Waals surface area (Å²) in [4.78, 5) is 28.2. The smallest absolute Gasteiger partial charge is 0.270 e. The number of thiophene rings is 1. The van der Waals surface area contributed by atoms with Crippen molar-refractivity contribution >= 4 is 73.9 Å². The van der Waals surface area contributed by atoms with Gasteiger partial charge in [0.25, 0.3) is 11.8 Å². The Kier molecular flexibility index (Phi) is 5.91. The zero-order valence-corrected chi connectivity index (χ0v) is 20.3. The highest BCUT2D eigenvalue weighted by atomic mass is 35.5. The van der Waals surface area contributed by atoms with Crippen molar-refractivity contribution in [1.29, 1.82) is 0 Å². The highest BCUT2D eigenvalue weighted by molar-refractivity contribution is 7.80. The van der Waals surface area contributed by atoms with E-state index in [1.54, 1.807) is 30.3 Å². The minimum absolute atomic E-state index is 0.0129. The average molecular weight is 505 g/mol. The van der Waals surface area contributed by atoms with Gasteiger partial charge in [-0.25, -0.2) is 0 Å². The molecule has 0 atom stereocenters. The SMILES string of the molecule is Cc1c(/C=C2\C(=O)NC(=S)N(c3ccc(Oc4ccccc4)cc3)C2=O)sc2ccc(Cl)cc12. The molecule has 8 heteroatoms. The molecule has 34 heavy (non-hydrogen) atoms. The van der Waals surface area contributed by atoms with Gasteiger partial charge < -0.3 is 4.74 Å². The number of anilines is 1. The number of carbonyl (C=O) groups excluding carboxylic acids is 2. The van der Waals surface area contributed by atoms with Crippen LogP contribution in [0.4, 0.5) is 5.69 Å². The quantitative estimate of drug-likeness (QED) is 0.196. The Hall–Kier alpha value is -3.52. The molecule has 0 radical (unpaired) electrons. The third-order valence-electron chi connectivity index (χ3n) is 5.39. The Labute approximate surface area is 210 Å². The van der Waals surface area contributed by atoms with Gasteiger partial charge in [0.05, 0.1) is 5.69 Å². The first-order chi connectivity index (χ1) is 16.4. The fourth-order valence-electron chi connectivity index (χ4n) is 3.66. The first kappa shape index (κ1) is 22.3. The molecule has 4 aromatic rings. The van der Waals surface area contributed by atoms with Gasteiger partial charge in [0.1, 0.15) is 17.1 Å².